The number of halogens is 1. The van der Waals surface area contributed by atoms with Crippen LogP contribution in [0.2, 0.25) is 5.02 Å². The highest BCUT2D eigenvalue weighted by Gasteiger charge is 2.51. The molecule has 150 valence electrons. The molecule has 3 rings (SSSR count). The van der Waals surface area contributed by atoms with E-state index in [1.54, 1.807) is 30.9 Å². The summed E-state index contributed by atoms with van der Waals surface area (Å²) >= 11 is 5.98. The lowest BCUT2D eigenvalue weighted by atomic mass is 9.83. The molecule has 2 heterocycles. The van der Waals surface area contributed by atoms with Crippen molar-refractivity contribution in [2.75, 3.05) is 19.7 Å². The van der Waals surface area contributed by atoms with Gasteiger partial charge in [0.1, 0.15) is 5.60 Å². The van der Waals surface area contributed by atoms with E-state index < -0.39 is 17.7 Å². The third kappa shape index (κ3) is 3.99. The van der Waals surface area contributed by atoms with Crippen LogP contribution in [0.3, 0.4) is 0 Å². The highest BCUT2D eigenvalue weighted by Crippen LogP contribution is 2.41. The summed E-state index contributed by atoms with van der Waals surface area (Å²) in [5.74, 6) is -0.828. The van der Waals surface area contributed by atoms with Crippen molar-refractivity contribution in [3.05, 3.63) is 46.0 Å². The molecule has 2 aliphatic rings. The van der Waals surface area contributed by atoms with Crippen molar-refractivity contribution in [2.24, 2.45) is 0 Å². The maximum Gasteiger partial charge on any atom is 0.409 e. The number of esters is 1. The van der Waals surface area contributed by atoms with Crippen molar-refractivity contribution in [1.29, 1.82) is 0 Å². The molecule has 1 aromatic carbocycles. The minimum Gasteiger partial charge on any atom is -0.450 e. The second-order valence-electron chi connectivity index (χ2n) is 6.88. The molecule has 0 bridgehead atoms. The number of nitrogens with one attached hydrogen (secondary N) is 1. The van der Waals surface area contributed by atoms with Gasteiger partial charge < -0.3 is 19.7 Å². The summed E-state index contributed by atoms with van der Waals surface area (Å²) in [6.07, 6.45) is 0.318. The van der Waals surface area contributed by atoms with Crippen molar-refractivity contribution in [2.45, 2.75) is 38.8 Å². The van der Waals surface area contributed by atoms with Gasteiger partial charge in [0.2, 0.25) is 0 Å². The molecule has 1 saturated heterocycles. The lowest BCUT2D eigenvalue weighted by molar-refractivity contribution is -0.150. The predicted molar refractivity (Wildman–Crippen MR) is 103 cm³/mol. The number of hydrogen-bond acceptors (Lipinski definition) is 5. The van der Waals surface area contributed by atoms with Crippen molar-refractivity contribution in [3.63, 3.8) is 0 Å². The van der Waals surface area contributed by atoms with Crippen LogP contribution in [-0.2, 0) is 25.6 Å². The quantitative estimate of drug-likeness (QED) is 0.777. The number of hydrogen-bond donors (Lipinski definition) is 1. The number of ether oxygens (including phenoxy) is 2. The predicted octanol–water partition coefficient (Wildman–Crippen LogP) is 2.82. The molecule has 2 aliphatic heterocycles. The minimum atomic E-state index is -0.997. The second-order valence-corrected chi connectivity index (χ2v) is 7.32. The maximum atomic E-state index is 12.9. The van der Waals surface area contributed by atoms with Gasteiger partial charge in [0.25, 0.3) is 5.91 Å². The third-order valence-electron chi connectivity index (χ3n) is 5.09. The zero-order chi connectivity index (χ0) is 20.3. The average molecular weight is 407 g/mol. The molecule has 0 unspecified atom stereocenters. The molecule has 1 aromatic rings. The summed E-state index contributed by atoms with van der Waals surface area (Å²) in [4.78, 5) is 38.6. The van der Waals surface area contributed by atoms with Crippen molar-refractivity contribution < 1.29 is 23.9 Å². The van der Waals surface area contributed by atoms with Crippen molar-refractivity contribution in [1.82, 2.24) is 10.2 Å². The molecule has 1 fully saturated rings. The molecular formula is C20H23ClN2O5. The van der Waals surface area contributed by atoms with Crippen molar-refractivity contribution >= 4 is 29.6 Å². The van der Waals surface area contributed by atoms with Crippen LogP contribution in [-0.4, -0.2) is 48.2 Å². The average Bonchev–Trinajstić information content (AvgIpc) is 2.90. The zero-order valence-corrected chi connectivity index (χ0v) is 16.7. The molecule has 0 atom stereocenters. The van der Waals surface area contributed by atoms with Gasteiger partial charge in [0.05, 0.1) is 12.2 Å². The number of likely N-dealkylation sites (tertiary alicyclic amines) is 1. The fourth-order valence-corrected chi connectivity index (χ4v) is 3.87. The van der Waals surface area contributed by atoms with E-state index in [0.29, 0.717) is 48.7 Å². The second kappa shape index (κ2) is 8.22. The molecule has 0 aliphatic carbocycles. The summed E-state index contributed by atoms with van der Waals surface area (Å²) in [6, 6.07) is 7.20. The van der Waals surface area contributed by atoms with Gasteiger partial charge in [-0.2, -0.15) is 0 Å². The Hall–Kier alpha value is -2.54. The van der Waals surface area contributed by atoms with Gasteiger partial charge >= 0.3 is 12.1 Å². The highest BCUT2D eigenvalue weighted by atomic mass is 35.5. The van der Waals surface area contributed by atoms with Crippen LogP contribution in [0.1, 0.15) is 32.3 Å². The summed E-state index contributed by atoms with van der Waals surface area (Å²) in [6.45, 7) is 4.63. The van der Waals surface area contributed by atoms with E-state index in [2.05, 4.69) is 5.32 Å². The summed E-state index contributed by atoms with van der Waals surface area (Å²) in [7, 11) is 0. The van der Waals surface area contributed by atoms with Crippen LogP contribution in [0.4, 0.5) is 4.79 Å². The molecule has 0 aromatic heterocycles. The van der Waals surface area contributed by atoms with Gasteiger partial charge in [-0.25, -0.2) is 9.59 Å². The first kappa shape index (κ1) is 20.2. The van der Waals surface area contributed by atoms with E-state index in [0.717, 1.165) is 5.56 Å². The smallest absolute Gasteiger partial charge is 0.409 e. The number of rotatable bonds is 4. The Morgan fingerprint density at radius 1 is 1.32 bits per heavy atom. The molecule has 1 spiro atoms. The molecule has 0 saturated carbocycles. The topological polar surface area (TPSA) is 84.9 Å². The molecular weight excluding hydrogens is 384 g/mol. The number of carbonyl (C=O) groups is 3. The molecule has 1 N–H and O–H groups in total. The summed E-state index contributed by atoms with van der Waals surface area (Å²) in [5, 5.41) is 3.44. The van der Waals surface area contributed by atoms with E-state index in [4.69, 9.17) is 21.1 Å². The van der Waals surface area contributed by atoms with Gasteiger partial charge in [-0.15, -0.1) is 0 Å². The first-order valence-electron chi connectivity index (χ1n) is 9.25. The normalized spacial score (nSPS) is 18.2. The lowest BCUT2D eigenvalue weighted by Gasteiger charge is -2.38. The fourth-order valence-electron chi connectivity index (χ4n) is 3.66. The molecule has 0 radical (unpaired) electrons. The third-order valence-corrected chi connectivity index (χ3v) is 5.33. The van der Waals surface area contributed by atoms with E-state index in [1.807, 2.05) is 12.1 Å². The van der Waals surface area contributed by atoms with E-state index in [9.17, 15) is 14.4 Å². The Morgan fingerprint density at radius 2 is 2.04 bits per heavy atom. The Balaban J connectivity index is 1.72. The van der Waals surface area contributed by atoms with Crippen LogP contribution < -0.4 is 5.32 Å². The molecule has 2 amide bonds. The monoisotopic (exact) mass is 406 g/mol. The Morgan fingerprint density at radius 3 is 2.68 bits per heavy atom. The van der Waals surface area contributed by atoms with E-state index in [1.165, 1.54) is 0 Å². The largest absolute Gasteiger partial charge is 0.450 e. The molecule has 8 heteroatoms. The van der Waals surface area contributed by atoms with Gasteiger partial charge in [0, 0.05) is 43.1 Å². The number of nitrogens with zero attached hydrogens (tertiary/aromatic N) is 1. The first-order chi connectivity index (χ1) is 13.4. The number of carbonyl (C=O) groups excluding carboxylic acids is 3. The van der Waals surface area contributed by atoms with E-state index >= 15 is 0 Å². The Labute approximate surface area is 168 Å². The van der Waals surface area contributed by atoms with Crippen molar-refractivity contribution in [3.8, 4) is 0 Å². The highest BCUT2D eigenvalue weighted by molar-refractivity contribution is 6.30. The Bertz CT molecular complexity index is 828. The van der Waals surface area contributed by atoms with Crippen LogP contribution in [0.15, 0.2) is 35.4 Å². The van der Waals surface area contributed by atoms with Gasteiger partial charge in [0.15, 0.2) is 0 Å². The zero-order valence-electron chi connectivity index (χ0n) is 15.9. The SMILES string of the molecule is CCOC(=O)N1CCC2(CC1)OC(=O)C(C)=C2C(=O)NCc1cccc(Cl)c1. The maximum absolute atomic E-state index is 12.9. The number of piperidine rings is 1. The van der Waals surface area contributed by atoms with Crippen LogP contribution in [0.5, 0.6) is 0 Å². The number of benzene rings is 1. The number of amides is 2. The minimum absolute atomic E-state index is 0.287. The molecule has 28 heavy (non-hydrogen) atoms. The summed E-state index contributed by atoms with van der Waals surface area (Å²) in [5.41, 5.74) is 0.523. The van der Waals surface area contributed by atoms with Gasteiger partial charge in [-0.05, 0) is 31.5 Å². The van der Waals surface area contributed by atoms with Crippen LogP contribution in [0.25, 0.3) is 0 Å². The van der Waals surface area contributed by atoms with Crippen LogP contribution >= 0.6 is 11.6 Å². The standard InChI is InChI=1S/C20H23ClN2O5/c1-3-27-19(26)23-9-7-20(8-10-23)16(13(2)18(25)28-20)17(24)22-12-14-5-4-6-15(21)11-14/h4-6,11H,3,7-10,12H2,1-2H3,(H,22,24). The van der Waals surface area contributed by atoms with Gasteiger partial charge in [-0.3, -0.25) is 4.79 Å². The summed E-state index contributed by atoms with van der Waals surface area (Å²) < 4.78 is 10.6. The van der Waals surface area contributed by atoms with Gasteiger partial charge in [-0.1, -0.05) is 23.7 Å². The fraction of sp³-hybridized carbons (Fsp3) is 0.450. The first-order valence-corrected chi connectivity index (χ1v) is 9.63. The lowest BCUT2D eigenvalue weighted by Crippen LogP contribution is -2.50. The molecule has 7 nitrogen and oxygen atoms in total. The Kier molecular flexibility index (Phi) is 5.93. The van der Waals surface area contributed by atoms with E-state index in [-0.39, 0.29) is 12.5 Å². The van der Waals surface area contributed by atoms with Crippen LogP contribution in [0, 0.1) is 0 Å².